The summed E-state index contributed by atoms with van der Waals surface area (Å²) in [5.74, 6) is 1.69. The molecule has 1 aliphatic rings. The quantitative estimate of drug-likeness (QED) is 0.149. The van der Waals surface area contributed by atoms with Crippen molar-refractivity contribution in [3.05, 3.63) is 290 Å². The number of hydrogen-bond donors (Lipinski definition) is 0. The van der Waals surface area contributed by atoms with Gasteiger partial charge in [-0.15, -0.1) is 0 Å². The van der Waals surface area contributed by atoms with Crippen LogP contribution in [0.5, 0.6) is 0 Å². The number of benzene rings is 14. The normalized spacial score (nSPS) is 13.0. The average Bonchev–Trinajstić information content (AvgIpc) is 1.56. The minimum atomic E-state index is -0.337. The van der Waals surface area contributed by atoms with Gasteiger partial charge in [0, 0.05) is 93.9 Å². The molecule has 0 amide bonds. The van der Waals surface area contributed by atoms with Crippen LogP contribution < -0.4 is 9.80 Å². The number of furan rings is 6. The molecule has 95 heavy (non-hydrogen) atoms. The van der Waals surface area contributed by atoms with Crippen LogP contribution >= 0.6 is 0 Å². The first kappa shape index (κ1) is 52.1. The lowest BCUT2D eigenvalue weighted by Crippen LogP contribution is -2.14. The molecule has 0 unspecified atom stereocenters. The smallest absolute Gasteiger partial charge is 0.159 e. The molecule has 20 aromatic rings. The maximum absolute atomic E-state index is 7.05. The Morgan fingerprint density at radius 1 is 0.242 bits per heavy atom. The Morgan fingerprint density at radius 2 is 0.621 bits per heavy atom. The summed E-state index contributed by atoms with van der Waals surface area (Å²) in [5, 5.41) is 15.1. The van der Waals surface area contributed by atoms with Crippen LogP contribution in [0.1, 0.15) is 25.0 Å². The molecular weight excluding hydrogens is 1170 g/mol. The van der Waals surface area contributed by atoms with Crippen molar-refractivity contribution in [3.8, 4) is 33.8 Å². The number of anilines is 6. The standard InChI is InChI=1S/C87H52N2O6/c1-87(2)71-45-69-63-35-33-59(88(73-19-11-17-65-61-15-5-9-23-77(61)94-85(65)73)57-31-29-49-37-55(27-25-51(49)39-57)79-41-53-13-3-7-21-75(53)90-79)43-81(63)92-83(69)47-67(71)68-48-84-70(46-72(68)87)64-36-34-60(44-82(64)93-84)89(74-20-12-18-66-62-16-6-10-24-78(62)95-86(66)74)58-32-30-50-38-56(28-26-52(50)40-58)80-42-54-14-4-8-22-76(54)91-80/h3-48H,1-2H3. The Hall–Kier alpha value is -12.5. The Morgan fingerprint density at radius 3 is 1.09 bits per heavy atom. The zero-order valence-electron chi connectivity index (χ0n) is 51.4. The molecule has 6 aromatic heterocycles. The van der Waals surface area contributed by atoms with Gasteiger partial charge in [0.1, 0.15) is 56.2 Å². The van der Waals surface area contributed by atoms with Gasteiger partial charge in [-0.05, 0) is 177 Å². The molecule has 0 aliphatic heterocycles. The molecule has 14 aromatic carbocycles. The fourth-order valence-electron chi connectivity index (χ4n) is 15.5. The molecule has 8 nitrogen and oxygen atoms in total. The van der Waals surface area contributed by atoms with Crippen molar-refractivity contribution in [1.82, 2.24) is 0 Å². The molecule has 21 rings (SSSR count). The predicted octanol–water partition coefficient (Wildman–Crippen LogP) is 25.7. The van der Waals surface area contributed by atoms with E-state index in [1.165, 1.54) is 11.1 Å². The SMILES string of the molecule is CC1(C)c2cc3c(cc2-c2cc4oc5cc(N(c6ccc7cc(-c8cc9ccccc9o8)ccc7c6)c6cccc7c6oc6ccccc67)ccc5c4cc21)oc1cc(N(c2ccc4cc(-c5cc6ccccc6o5)ccc4c2)c2cccc4c2oc2ccccc24)ccc13. The molecule has 0 radical (unpaired) electrons. The van der Waals surface area contributed by atoms with Gasteiger partial charge in [-0.25, -0.2) is 0 Å². The molecule has 0 atom stereocenters. The topological polar surface area (TPSA) is 85.3 Å². The lowest BCUT2D eigenvalue weighted by atomic mass is 9.81. The molecule has 0 N–H and O–H groups in total. The third kappa shape index (κ3) is 7.76. The van der Waals surface area contributed by atoms with Crippen LogP contribution in [-0.4, -0.2) is 0 Å². The fraction of sp³-hybridized carbons (Fsp3) is 0.0345. The van der Waals surface area contributed by atoms with Crippen molar-refractivity contribution in [2.45, 2.75) is 19.3 Å². The Balaban J connectivity index is 0.667. The first-order valence-corrected chi connectivity index (χ1v) is 32.2. The highest BCUT2D eigenvalue weighted by molar-refractivity contribution is 6.15. The van der Waals surface area contributed by atoms with Crippen molar-refractivity contribution < 1.29 is 26.5 Å². The van der Waals surface area contributed by atoms with Gasteiger partial charge in [-0.1, -0.05) is 147 Å². The highest BCUT2D eigenvalue weighted by Gasteiger charge is 2.38. The van der Waals surface area contributed by atoms with E-state index in [0.717, 1.165) is 199 Å². The van der Waals surface area contributed by atoms with Crippen LogP contribution in [-0.2, 0) is 5.41 Å². The van der Waals surface area contributed by atoms with E-state index < -0.39 is 0 Å². The molecule has 0 bridgehead atoms. The van der Waals surface area contributed by atoms with Gasteiger partial charge in [0.25, 0.3) is 0 Å². The van der Waals surface area contributed by atoms with Crippen molar-refractivity contribution in [1.29, 1.82) is 0 Å². The zero-order chi connectivity index (χ0) is 62.4. The highest BCUT2D eigenvalue weighted by atomic mass is 16.4. The lowest BCUT2D eigenvalue weighted by molar-refractivity contribution is 0.631. The van der Waals surface area contributed by atoms with E-state index in [-0.39, 0.29) is 5.41 Å². The number of rotatable bonds is 8. The minimum Gasteiger partial charge on any atom is -0.456 e. The summed E-state index contributed by atoms with van der Waals surface area (Å²) in [6.45, 7) is 4.69. The van der Waals surface area contributed by atoms with E-state index in [9.17, 15) is 0 Å². The van der Waals surface area contributed by atoms with Crippen LogP contribution in [0.15, 0.2) is 306 Å². The lowest BCUT2D eigenvalue weighted by Gasteiger charge is -2.26. The van der Waals surface area contributed by atoms with Gasteiger partial charge < -0.3 is 36.3 Å². The van der Waals surface area contributed by atoms with Crippen LogP contribution in [0.2, 0.25) is 0 Å². The first-order valence-electron chi connectivity index (χ1n) is 32.2. The van der Waals surface area contributed by atoms with Gasteiger partial charge in [-0.3, -0.25) is 0 Å². The van der Waals surface area contributed by atoms with Crippen molar-refractivity contribution in [3.63, 3.8) is 0 Å². The summed E-state index contributed by atoms with van der Waals surface area (Å²) in [5.41, 5.74) is 20.5. The second kappa shape index (κ2) is 19.3. The van der Waals surface area contributed by atoms with Crippen molar-refractivity contribution >= 4 is 165 Å². The molecule has 0 saturated carbocycles. The Labute approximate surface area is 541 Å². The van der Waals surface area contributed by atoms with Gasteiger partial charge in [-0.2, -0.15) is 0 Å². The van der Waals surface area contributed by atoms with Crippen molar-refractivity contribution in [2.24, 2.45) is 0 Å². The number of para-hydroxylation sites is 6. The Bertz CT molecular complexity index is 6210. The second-order valence-electron chi connectivity index (χ2n) is 25.9. The van der Waals surface area contributed by atoms with Crippen LogP contribution in [0, 0.1) is 0 Å². The molecule has 0 spiro atoms. The summed E-state index contributed by atoms with van der Waals surface area (Å²) in [6.07, 6.45) is 0. The van der Waals surface area contributed by atoms with E-state index in [0.29, 0.717) is 0 Å². The van der Waals surface area contributed by atoms with Crippen LogP contribution in [0.3, 0.4) is 0 Å². The van der Waals surface area contributed by atoms with Gasteiger partial charge >= 0.3 is 0 Å². The summed E-state index contributed by atoms with van der Waals surface area (Å²) < 4.78 is 40.3. The third-order valence-corrected chi connectivity index (χ3v) is 20.2. The van der Waals surface area contributed by atoms with E-state index in [2.05, 4.69) is 242 Å². The van der Waals surface area contributed by atoms with Gasteiger partial charge in [0.05, 0.1) is 22.7 Å². The summed E-state index contributed by atoms with van der Waals surface area (Å²) >= 11 is 0. The average molecular weight is 1220 g/mol. The number of hydrogen-bond acceptors (Lipinski definition) is 8. The minimum absolute atomic E-state index is 0.337. The molecule has 446 valence electrons. The van der Waals surface area contributed by atoms with Gasteiger partial charge in [0.2, 0.25) is 0 Å². The molecule has 1 aliphatic carbocycles. The Kier molecular flexibility index (Phi) is 10.6. The van der Waals surface area contributed by atoms with E-state index in [1.54, 1.807) is 0 Å². The number of fused-ring (bicyclic) bond motifs is 19. The summed E-state index contributed by atoms with van der Waals surface area (Å²) in [4.78, 5) is 4.60. The van der Waals surface area contributed by atoms with Crippen LogP contribution in [0.4, 0.5) is 34.1 Å². The zero-order valence-corrected chi connectivity index (χ0v) is 51.4. The maximum Gasteiger partial charge on any atom is 0.159 e. The summed E-state index contributed by atoms with van der Waals surface area (Å²) in [6, 6.07) is 98.7. The monoisotopic (exact) mass is 1220 g/mol. The van der Waals surface area contributed by atoms with E-state index in [1.807, 2.05) is 60.7 Å². The molecule has 8 heteroatoms. The fourth-order valence-corrected chi connectivity index (χ4v) is 15.5. The molecule has 0 fully saturated rings. The first-order chi connectivity index (χ1) is 46.7. The maximum atomic E-state index is 7.05. The van der Waals surface area contributed by atoms with Crippen molar-refractivity contribution in [2.75, 3.05) is 9.80 Å². The summed E-state index contributed by atoms with van der Waals surface area (Å²) in [7, 11) is 0. The third-order valence-electron chi connectivity index (χ3n) is 20.2. The second-order valence-corrected chi connectivity index (χ2v) is 25.9. The van der Waals surface area contributed by atoms with Crippen LogP contribution in [0.25, 0.3) is 165 Å². The molecular formula is C87H52N2O6. The number of nitrogens with zero attached hydrogens (tertiary/aromatic N) is 2. The largest absolute Gasteiger partial charge is 0.456 e. The predicted molar refractivity (Wildman–Crippen MR) is 388 cm³/mol. The molecule has 6 heterocycles. The van der Waals surface area contributed by atoms with E-state index in [4.69, 9.17) is 26.5 Å². The highest BCUT2D eigenvalue weighted by Crippen LogP contribution is 2.54. The molecule has 0 saturated heterocycles. The van der Waals surface area contributed by atoms with Gasteiger partial charge in [0.15, 0.2) is 11.2 Å². The van der Waals surface area contributed by atoms with E-state index >= 15 is 0 Å².